The standard InChI is InChI=1S/C17H20N6O/c24-16-13-7-5-11(10-15(13)21-22-16)4-6-12-2-1-3-14(12)20-17-18-8-9-19-23-17/h5,7-10,12,14H,1-4,6H2,(H,18,20,23)(H2,21,22,24). The SMILES string of the molecule is O=c1[nH][nH]c2cc(CCC3CCCC3Nc3nccnn3)ccc12. The van der Waals surface area contributed by atoms with Gasteiger partial charge >= 0.3 is 0 Å². The Balaban J connectivity index is 1.41. The van der Waals surface area contributed by atoms with Crippen LogP contribution in [0.5, 0.6) is 0 Å². The Morgan fingerprint density at radius 1 is 1.21 bits per heavy atom. The number of hydrogen-bond donors (Lipinski definition) is 3. The molecule has 2 aromatic heterocycles. The van der Waals surface area contributed by atoms with Gasteiger partial charge in [-0.15, -0.1) is 5.10 Å². The van der Waals surface area contributed by atoms with E-state index in [2.05, 4.69) is 36.8 Å². The first kappa shape index (κ1) is 14.9. The van der Waals surface area contributed by atoms with E-state index in [1.165, 1.54) is 18.4 Å². The molecule has 7 heteroatoms. The summed E-state index contributed by atoms with van der Waals surface area (Å²) >= 11 is 0. The smallest absolute Gasteiger partial charge is 0.271 e. The number of aryl methyl sites for hydroxylation is 1. The average molecular weight is 324 g/mol. The van der Waals surface area contributed by atoms with Crippen LogP contribution in [0.2, 0.25) is 0 Å². The van der Waals surface area contributed by atoms with Gasteiger partial charge in [0, 0.05) is 6.04 Å². The van der Waals surface area contributed by atoms with Gasteiger partial charge in [-0.3, -0.25) is 15.0 Å². The number of fused-ring (bicyclic) bond motifs is 1. The van der Waals surface area contributed by atoms with Crippen molar-refractivity contribution >= 4 is 16.9 Å². The van der Waals surface area contributed by atoms with Gasteiger partial charge in [0.25, 0.3) is 5.56 Å². The Hall–Kier alpha value is -2.70. The molecule has 0 radical (unpaired) electrons. The molecule has 2 atom stereocenters. The molecule has 1 fully saturated rings. The molecule has 0 saturated heterocycles. The number of rotatable bonds is 5. The fraction of sp³-hybridized carbons (Fsp3) is 0.412. The molecule has 0 aliphatic heterocycles. The van der Waals surface area contributed by atoms with Crippen molar-refractivity contribution in [2.24, 2.45) is 5.92 Å². The highest BCUT2D eigenvalue weighted by Crippen LogP contribution is 2.31. The minimum atomic E-state index is -0.0620. The van der Waals surface area contributed by atoms with Crippen LogP contribution in [0.4, 0.5) is 5.95 Å². The predicted molar refractivity (Wildman–Crippen MR) is 91.8 cm³/mol. The molecular formula is C17H20N6O. The minimum Gasteiger partial charge on any atom is -0.350 e. The van der Waals surface area contributed by atoms with Crippen LogP contribution in [0.25, 0.3) is 10.9 Å². The lowest BCUT2D eigenvalue weighted by molar-refractivity contribution is 0.465. The lowest BCUT2D eigenvalue weighted by atomic mass is 9.94. The van der Waals surface area contributed by atoms with Crippen molar-refractivity contribution in [1.29, 1.82) is 0 Å². The number of anilines is 1. The summed E-state index contributed by atoms with van der Waals surface area (Å²) in [6.45, 7) is 0. The van der Waals surface area contributed by atoms with Crippen LogP contribution in [0.1, 0.15) is 31.2 Å². The Bertz CT molecular complexity index is 871. The summed E-state index contributed by atoms with van der Waals surface area (Å²) in [5.74, 6) is 1.22. The highest BCUT2D eigenvalue weighted by atomic mass is 16.1. The molecule has 2 heterocycles. The van der Waals surface area contributed by atoms with Crippen molar-refractivity contribution in [3.8, 4) is 0 Å². The highest BCUT2D eigenvalue weighted by Gasteiger charge is 2.27. The first-order chi connectivity index (χ1) is 11.8. The first-order valence-corrected chi connectivity index (χ1v) is 8.39. The van der Waals surface area contributed by atoms with Gasteiger partial charge in [0.1, 0.15) is 0 Å². The molecule has 1 aliphatic rings. The van der Waals surface area contributed by atoms with E-state index in [1.54, 1.807) is 12.4 Å². The number of benzene rings is 1. The maximum absolute atomic E-state index is 11.6. The monoisotopic (exact) mass is 324 g/mol. The molecular weight excluding hydrogens is 304 g/mol. The van der Waals surface area contributed by atoms with Gasteiger partial charge in [-0.25, -0.2) is 4.98 Å². The molecule has 7 nitrogen and oxygen atoms in total. The van der Waals surface area contributed by atoms with Crippen LogP contribution in [0.3, 0.4) is 0 Å². The minimum absolute atomic E-state index is 0.0620. The Morgan fingerprint density at radius 2 is 2.17 bits per heavy atom. The molecule has 1 aliphatic carbocycles. The fourth-order valence-electron chi connectivity index (χ4n) is 3.64. The zero-order chi connectivity index (χ0) is 16.4. The lowest BCUT2D eigenvalue weighted by Gasteiger charge is -2.20. The van der Waals surface area contributed by atoms with E-state index in [-0.39, 0.29) is 5.56 Å². The summed E-state index contributed by atoms with van der Waals surface area (Å²) in [5, 5.41) is 17.6. The second kappa shape index (κ2) is 6.43. The molecule has 0 amide bonds. The summed E-state index contributed by atoms with van der Waals surface area (Å²) in [5.41, 5.74) is 2.07. The van der Waals surface area contributed by atoms with E-state index in [4.69, 9.17) is 0 Å². The molecule has 124 valence electrons. The van der Waals surface area contributed by atoms with Gasteiger partial charge in [-0.05, 0) is 49.3 Å². The third-order valence-electron chi connectivity index (χ3n) is 4.90. The molecule has 2 unspecified atom stereocenters. The van der Waals surface area contributed by atoms with Crippen molar-refractivity contribution in [1.82, 2.24) is 25.4 Å². The normalized spacial score (nSPS) is 20.5. The zero-order valence-corrected chi connectivity index (χ0v) is 13.3. The second-order valence-electron chi connectivity index (χ2n) is 6.41. The fourth-order valence-corrected chi connectivity index (χ4v) is 3.64. The third kappa shape index (κ3) is 3.02. The van der Waals surface area contributed by atoms with Gasteiger partial charge in [-0.2, -0.15) is 5.10 Å². The van der Waals surface area contributed by atoms with Crippen molar-refractivity contribution in [2.45, 2.75) is 38.1 Å². The Kier molecular flexibility index (Phi) is 3.98. The van der Waals surface area contributed by atoms with Crippen LogP contribution in [0.15, 0.2) is 35.4 Å². The summed E-state index contributed by atoms with van der Waals surface area (Å²) in [4.78, 5) is 15.8. The topological polar surface area (TPSA) is 99.3 Å². The Labute approximate surface area is 138 Å². The van der Waals surface area contributed by atoms with Gasteiger partial charge in [0.15, 0.2) is 0 Å². The van der Waals surface area contributed by atoms with Crippen molar-refractivity contribution in [2.75, 3.05) is 5.32 Å². The largest absolute Gasteiger partial charge is 0.350 e. The number of aromatic nitrogens is 5. The summed E-state index contributed by atoms with van der Waals surface area (Å²) < 4.78 is 0. The van der Waals surface area contributed by atoms with E-state index < -0.39 is 0 Å². The molecule has 24 heavy (non-hydrogen) atoms. The molecule has 4 rings (SSSR count). The molecule has 1 saturated carbocycles. The first-order valence-electron chi connectivity index (χ1n) is 8.39. The Morgan fingerprint density at radius 3 is 3.04 bits per heavy atom. The van der Waals surface area contributed by atoms with Gasteiger partial charge < -0.3 is 5.32 Å². The number of hydrogen-bond acceptors (Lipinski definition) is 5. The van der Waals surface area contributed by atoms with Crippen LogP contribution in [0, 0.1) is 5.92 Å². The summed E-state index contributed by atoms with van der Waals surface area (Å²) in [6.07, 6.45) is 8.95. The maximum atomic E-state index is 11.6. The van der Waals surface area contributed by atoms with Crippen LogP contribution >= 0.6 is 0 Å². The molecule has 3 aromatic rings. The van der Waals surface area contributed by atoms with Gasteiger partial charge in [0.05, 0.1) is 23.3 Å². The zero-order valence-electron chi connectivity index (χ0n) is 13.3. The van der Waals surface area contributed by atoms with Crippen LogP contribution < -0.4 is 10.9 Å². The van der Waals surface area contributed by atoms with Gasteiger partial charge in [0.2, 0.25) is 5.95 Å². The molecule has 0 bridgehead atoms. The molecule has 1 aromatic carbocycles. The number of nitrogens with zero attached hydrogens (tertiary/aromatic N) is 3. The van der Waals surface area contributed by atoms with Crippen LogP contribution in [-0.4, -0.2) is 31.4 Å². The second-order valence-corrected chi connectivity index (χ2v) is 6.41. The highest BCUT2D eigenvalue weighted by molar-refractivity contribution is 5.78. The van der Waals surface area contributed by atoms with E-state index in [9.17, 15) is 4.79 Å². The number of aromatic amines is 2. The average Bonchev–Trinajstić information content (AvgIpc) is 3.21. The third-order valence-corrected chi connectivity index (χ3v) is 4.90. The molecule has 3 N–H and O–H groups in total. The van der Waals surface area contributed by atoms with E-state index in [0.717, 1.165) is 24.8 Å². The lowest BCUT2D eigenvalue weighted by Crippen LogP contribution is -2.25. The van der Waals surface area contributed by atoms with Gasteiger partial charge in [-0.1, -0.05) is 12.5 Å². The van der Waals surface area contributed by atoms with E-state index in [0.29, 0.717) is 23.3 Å². The maximum Gasteiger partial charge on any atom is 0.271 e. The summed E-state index contributed by atoms with van der Waals surface area (Å²) in [7, 11) is 0. The number of nitrogens with one attached hydrogen (secondary N) is 3. The number of H-pyrrole nitrogens is 2. The summed E-state index contributed by atoms with van der Waals surface area (Å²) in [6, 6.07) is 6.42. The van der Waals surface area contributed by atoms with Crippen molar-refractivity contribution in [3.63, 3.8) is 0 Å². The molecule has 0 spiro atoms. The van der Waals surface area contributed by atoms with E-state index in [1.807, 2.05) is 12.1 Å². The van der Waals surface area contributed by atoms with Crippen molar-refractivity contribution in [3.05, 3.63) is 46.5 Å². The van der Waals surface area contributed by atoms with E-state index >= 15 is 0 Å². The predicted octanol–water partition coefficient (Wildman–Crippen LogP) is 2.25. The quantitative estimate of drug-likeness (QED) is 0.668. The van der Waals surface area contributed by atoms with Crippen LogP contribution in [-0.2, 0) is 6.42 Å². The van der Waals surface area contributed by atoms with Crippen molar-refractivity contribution < 1.29 is 0 Å².